The zero-order valence-corrected chi connectivity index (χ0v) is 16.3. The van der Waals surface area contributed by atoms with E-state index in [9.17, 15) is 9.59 Å². The molecule has 8 heteroatoms. The van der Waals surface area contributed by atoms with E-state index in [0.29, 0.717) is 16.9 Å². The lowest BCUT2D eigenvalue weighted by Gasteiger charge is -2.14. The van der Waals surface area contributed by atoms with Crippen LogP contribution in [0.15, 0.2) is 54.6 Å². The van der Waals surface area contributed by atoms with Crippen molar-refractivity contribution >= 4 is 30.4 Å². The lowest BCUT2D eigenvalue weighted by molar-refractivity contribution is -0.145. The van der Waals surface area contributed by atoms with Crippen LogP contribution in [0.5, 0.6) is 5.75 Å². The smallest absolute Gasteiger partial charge is 0.328 e. The maximum Gasteiger partial charge on any atom is 0.328 e. The number of rotatable bonds is 9. The van der Waals surface area contributed by atoms with E-state index in [4.69, 9.17) is 25.6 Å². The first-order valence-corrected chi connectivity index (χ1v) is 8.51. The van der Waals surface area contributed by atoms with E-state index in [0.717, 1.165) is 11.6 Å². The Morgan fingerprint density at radius 2 is 1.93 bits per heavy atom. The third kappa shape index (κ3) is 8.47. The van der Waals surface area contributed by atoms with Crippen LogP contribution in [0.25, 0.3) is 6.08 Å². The van der Waals surface area contributed by atoms with Crippen molar-refractivity contribution in [2.45, 2.75) is 19.1 Å². The molecule has 0 aliphatic rings. The van der Waals surface area contributed by atoms with Crippen molar-refractivity contribution in [2.24, 2.45) is 5.73 Å². The highest BCUT2D eigenvalue weighted by Crippen LogP contribution is 2.22. The second-order valence-corrected chi connectivity index (χ2v) is 5.96. The molecular weight excluding hydrogens is 396 g/mol. The van der Waals surface area contributed by atoms with Crippen LogP contribution in [-0.2, 0) is 20.9 Å². The van der Waals surface area contributed by atoms with Gasteiger partial charge in [0, 0.05) is 17.7 Å². The Morgan fingerprint density at radius 1 is 1.21 bits per heavy atom. The van der Waals surface area contributed by atoms with Crippen LogP contribution < -0.4 is 10.5 Å². The summed E-state index contributed by atoms with van der Waals surface area (Å²) in [5.74, 6) is -1.24. The molecule has 0 saturated carbocycles. The van der Waals surface area contributed by atoms with E-state index >= 15 is 0 Å². The monoisotopic (exact) mass is 416 g/mol. The maximum absolute atomic E-state index is 11.9. The first kappa shape index (κ1) is 23.7. The van der Waals surface area contributed by atoms with Gasteiger partial charge in [0.1, 0.15) is 19.0 Å². The Morgan fingerprint density at radius 3 is 2.59 bits per heavy atom. The lowest BCUT2D eigenvalue weighted by Crippen LogP contribution is -2.31. The summed E-state index contributed by atoms with van der Waals surface area (Å²) in [6.45, 7) is 0.171. The van der Waals surface area contributed by atoms with Gasteiger partial charge in [0.15, 0.2) is 0 Å². The van der Waals surface area contributed by atoms with E-state index in [1.807, 2.05) is 36.4 Å². The molecule has 0 bridgehead atoms. The Bertz CT molecular complexity index is 894. The summed E-state index contributed by atoms with van der Waals surface area (Å²) in [7, 11) is 0. The zero-order valence-electron chi connectivity index (χ0n) is 15.5. The minimum atomic E-state index is -1.10. The Labute approximate surface area is 174 Å². The molecule has 0 heterocycles. The number of nitriles is 1. The van der Waals surface area contributed by atoms with Crippen LogP contribution in [0.1, 0.15) is 23.1 Å². The largest absolute Gasteiger partial charge is 0.491 e. The van der Waals surface area contributed by atoms with E-state index in [-0.39, 0.29) is 32.0 Å². The van der Waals surface area contributed by atoms with E-state index < -0.39 is 18.0 Å². The summed E-state index contributed by atoms with van der Waals surface area (Å²) in [6.07, 6.45) is 2.29. The van der Waals surface area contributed by atoms with E-state index in [1.54, 1.807) is 12.1 Å². The summed E-state index contributed by atoms with van der Waals surface area (Å²) in [5.41, 5.74) is 7.66. The zero-order chi connectivity index (χ0) is 20.4. The van der Waals surface area contributed by atoms with Crippen molar-refractivity contribution in [1.82, 2.24) is 0 Å². The molecule has 7 nitrogen and oxygen atoms in total. The number of carboxylic acid groups (broad SMARTS) is 1. The van der Waals surface area contributed by atoms with E-state index in [1.165, 1.54) is 12.1 Å². The molecule has 0 aliphatic heterocycles. The molecular formula is C21H21ClN2O5. The minimum Gasteiger partial charge on any atom is -0.491 e. The van der Waals surface area contributed by atoms with Gasteiger partial charge < -0.3 is 20.3 Å². The predicted octanol–water partition coefficient (Wildman–Crippen LogP) is 2.92. The molecule has 0 fully saturated rings. The topological polar surface area (TPSA) is 123 Å². The first-order valence-electron chi connectivity index (χ1n) is 8.51. The van der Waals surface area contributed by atoms with Gasteiger partial charge in [-0.05, 0) is 29.8 Å². The second kappa shape index (κ2) is 12.2. The molecule has 2 aromatic carbocycles. The van der Waals surface area contributed by atoms with Gasteiger partial charge in [-0.3, -0.25) is 4.79 Å². The Balaban J connectivity index is 0.00000420. The van der Waals surface area contributed by atoms with E-state index in [2.05, 4.69) is 0 Å². The number of carbonyl (C=O) groups is 2. The number of aliphatic carboxylic acids is 1. The molecule has 3 N–H and O–H groups in total. The van der Waals surface area contributed by atoms with Gasteiger partial charge in [0.05, 0.1) is 18.1 Å². The number of nitrogens with zero attached hydrogens (tertiary/aromatic N) is 1. The highest BCUT2D eigenvalue weighted by molar-refractivity contribution is 5.86. The van der Waals surface area contributed by atoms with Crippen LogP contribution >= 0.6 is 12.4 Å². The minimum absolute atomic E-state index is 0. The van der Waals surface area contributed by atoms with Crippen LogP contribution in [0, 0.1) is 11.3 Å². The molecule has 0 radical (unpaired) electrons. The van der Waals surface area contributed by atoms with Gasteiger partial charge in [-0.25, -0.2) is 4.79 Å². The van der Waals surface area contributed by atoms with Crippen molar-refractivity contribution < 1.29 is 24.2 Å². The molecule has 0 spiro atoms. The van der Waals surface area contributed by atoms with Crippen LogP contribution in [-0.4, -0.2) is 29.7 Å². The van der Waals surface area contributed by atoms with Gasteiger partial charge in [0.2, 0.25) is 0 Å². The summed E-state index contributed by atoms with van der Waals surface area (Å²) >= 11 is 0. The fourth-order valence-electron chi connectivity index (χ4n) is 2.29. The number of nitrogens with two attached hydrogens (primary N) is 1. The standard InChI is InChI=1S/C21H20N2O5.ClH/c22-12-16-6-7-17(8-9-20(24)25)19(10-16)27-14-18(23)11-21(26)28-13-15-4-2-1-3-5-15;/h1-10,18H,11,13-14,23H2,(H,24,25);1H. The number of carboxylic acids is 1. The first-order chi connectivity index (χ1) is 13.5. The third-order valence-electron chi connectivity index (χ3n) is 3.67. The maximum atomic E-state index is 11.9. The number of benzene rings is 2. The van der Waals surface area contributed by atoms with Crippen LogP contribution in [0.4, 0.5) is 0 Å². The summed E-state index contributed by atoms with van der Waals surface area (Å²) in [6, 6.07) is 15.3. The number of ether oxygens (including phenoxy) is 2. The molecule has 0 aliphatic carbocycles. The number of hydrogen-bond acceptors (Lipinski definition) is 6. The van der Waals surface area contributed by atoms with Crippen molar-refractivity contribution in [3.63, 3.8) is 0 Å². The van der Waals surface area contributed by atoms with Crippen LogP contribution in [0.3, 0.4) is 0 Å². The summed E-state index contributed by atoms with van der Waals surface area (Å²) < 4.78 is 10.8. The molecule has 152 valence electrons. The molecule has 2 aromatic rings. The molecule has 0 amide bonds. The Kier molecular flexibility index (Phi) is 9.96. The normalized spacial score (nSPS) is 11.2. The molecule has 1 atom stereocenters. The highest BCUT2D eigenvalue weighted by Gasteiger charge is 2.13. The van der Waals surface area contributed by atoms with Gasteiger partial charge in [0.25, 0.3) is 0 Å². The molecule has 0 saturated heterocycles. The number of hydrogen-bond donors (Lipinski definition) is 2. The highest BCUT2D eigenvalue weighted by atomic mass is 35.5. The second-order valence-electron chi connectivity index (χ2n) is 5.96. The van der Waals surface area contributed by atoms with Gasteiger partial charge in [-0.15, -0.1) is 12.4 Å². The number of carbonyl (C=O) groups excluding carboxylic acids is 1. The van der Waals surface area contributed by atoms with Gasteiger partial charge >= 0.3 is 11.9 Å². The lowest BCUT2D eigenvalue weighted by atomic mass is 10.1. The fraction of sp³-hybridized carbons (Fsp3) is 0.190. The quantitative estimate of drug-likeness (QED) is 0.475. The predicted molar refractivity (Wildman–Crippen MR) is 109 cm³/mol. The third-order valence-corrected chi connectivity index (χ3v) is 3.67. The molecule has 0 aromatic heterocycles. The number of esters is 1. The summed E-state index contributed by atoms with van der Waals surface area (Å²) in [4.78, 5) is 22.6. The van der Waals surface area contributed by atoms with Crippen molar-refractivity contribution in [2.75, 3.05) is 6.61 Å². The van der Waals surface area contributed by atoms with Crippen molar-refractivity contribution in [3.05, 3.63) is 71.3 Å². The fourth-order valence-corrected chi connectivity index (χ4v) is 2.29. The van der Waals surface area contributed by atoms with Crippen molar-refractivity contribution in [3.8, 4) is 11.8 Å². The van der Waals surface area contributed by atoms with Gasteiger partial charge in [-0.2, -0.15) is 5.26 Å². The average Bonchev–Trinajstić information content (AvgIpc) is 2.70. The SMILES string of the molecule is Cl.N#Cc1ccc(C=CC(=O)O)c(OCC(N)CC(=O)OCc2ccccc2)c1. The van der Waals surface area contributed by atoms with Crippen LogP contribution in [0.2, 0.25) is 0 Å². The molecule has 1 unspecified atom stereocenters. The van der Waals surface area contributed by atoms with Crippen molar-refractivity contribution in [1.29, 1.82) is 5.26 Å². The average molecular weight is 417 g/mol. The Hall–Kier alpha value is -3.34. The summed E-state index contributed by atoms with van der Waals surface area (Å²) in [5, 5.41) is 17.8. The number of halogens is 1. The van der Waals surface area contributed by atoms with Gasteiger partial charge in [-0.1, -0.05) is 30.3 Å². The molecule has 2 rings (SSSR count). The molecule has 29 heavy (non-hydrogen) atoms.